The highest BCUT2D eigenvalue weighted by Gasteiger charge is 2.17. The molecule has 0 saturated carbocycles. The summed E-state index contributed by atoms with van der Waals surface area (Å²) in [4.78, 5) is 24.1. The largest absolute Gasteiger partial charge is 0.481 e. The smallest absolute Gasteiger partial charge is 0.317 e. The van der Waals surface area contributed by atoms with Crippen LogP contribution in [-0.4, -0.2) is 34.6 Å². The zero-order valence-electron chi connectivity index (χ0n) is 11.9. The summed E-state index contributed by atoms with van der Waals surface area (Å²) in [6.07, 6.45) is -0.107. The minimum Gasteiger partial charge on any atom is -0.481 e. The van der Waals surface area contributed by atoms with E-state index >= 15 is 0 Å². The lowest BCUT2D eigenvalue weighted by molar-refractivity contribution is -0.136. The summed E-state index contributed by atoms with van der Waals surface area (Å²) in [5.74, 6) is -0.948. The van der Waals surface area contributed by atoms with Gasteiger partial charge < -0.3 is 15.3 Å². The molecule has 1 aromatic rings. The molecule has 0 saturated heterocycles. The summed E-state index contributed by atoms with van der Waals surface area (Å²) in [7, 11) is 0. The van der Waals surface area contributed by atoms with Crippen molar-refractivity contribution in [2.75, 3.05) is 6.54 Å². The molecule has 0 aromatic heterocycles. The first-order valence-electron chi connectivity index (χ1n) is 6.51. The Hall–Kier alpha value is -1.46. The minimum absolute atomic E-state index is 0.0377. The number of nitrogens with zero attached hydrogens (tertiary/aromatic N) is 1. The molecule has 0 heterocycles. The van der Waals surface area contributed by atoms with Crippen LogP contribution in [0, 0.1) is 0 Å². The normalized spacial score (nSPS) is 10.5. The van der Waals surface area contributed by atoms with E-state index < -0.39 is 5.97 Å². The number of aliphatic carboxylic acids is 1. The van der Waals surface area contributed by atoms with E-state index in [1.54, 1.807) is 23.1 Å². The van der Waals surface area contributed by atoms with E-state index in [1.807, 2.05) is 13.8 Å². The summed E-state index contributed by atoms with van der Waals surface area (Å²) in [5.41, 5.74) is 0.853. The van der Waals surface area contributed by atoms with E-state index in [-0.39, 0.29) is 25.0 Å². The second kappa shape index (κ2) is 8.10. The molecule has 1 rings (SSSR count). The number of hydrogen-bond donors (Lipinski definition) is 2. The quantitative estimate of drug-likeness (QED) is 0.838. The molecule has 1 aromatic carbocycles. The second-order valence-corrected chi connectivity index (χ2v) is 5.66. The molecule has 0 spiro atoms. The number of urea groups is 1. The van der Waals surface area contributed by atoms with E-state index in [0.29, 0.717) is 16.6 Å². The topological polar surface area (TPSA) is 69.6 Å². The van der Waals surface area contributed by atoms with Gasteiger partial charge in [-0.2, -0.15) is 0 Å². The number of carboxylic acids is 1. The predicted octanol–water partition coefficient (Wildman–Crippen LogP) is 3.39. The summed E-state index contributed by atoms with van der Waals surface area (Å²) >= 11 is 11.8. The van der Waals surface area contributed by atoms with Gasteiger partial charge in [0.25, 0.3) is 0 Å². The third-order valence-corrected chi connectivity index (χ3v) is 3.58. The van der Waals surface area contributed by atoms with Crippen LogP contribution < -0.4 is 5.32 Å². The van der Waals surface area contributed by atoms with Gasteiger partial charge in [-0.1, -0.05) is 29.3 Å². The molecule has 2 amide bonds. The Bertz CT molecular complexity index is 521. The number of amides is 2. The van der Waals surface area contributed by atoms with Crippen LogP contribution >= 0.6 is 23.2 Å². The molecule has 0 atom stereocenters. The van der Waals surface area contributed by atoms with Crippen LogP contribution in [0.25, 0.3) is 0 Å². The Morgan fingerprint density at radius 2 is 1.95 bits per heavy atom. The lowest BCUT2D eigenvalue weighted by Crippen LogP contribution is -2.44. The van der Waals surface area contributed by atoms with Crippen molar-refractivity contribution in [3.05, 3.63) is 33.8 Å². The highest BCUT2D eigenvalue weighted by molar-refractivity contribution is 6.42. The Morgan fingerprint density at radius 1 is 1.29 bits per heavy atom. The van der Waals surface area contributed by atoms with Crippen molar-refractivity contribution < 1.29 is 14.7 Å². The molecule has 7 heteroatoms. The average molecular weight is 333 g/mol. The van der Waals surface area contributed by atoms with Crippen molar-refractivity contribution in [2.24, 2.45) is 0 Å². The predicted molar refractivity (Wildman–Crippen MR) is 82.8 cm³/mol. The van der Waals surface area contributed by atoms with Crippen molar-refractivity contribution in [3.63, 3.8) is 0 Å². The van der Waals surface area contributed by atoms with Gasteiger partial charge in [0.05, 0.1) is 16.5 Å². The first-order chi connectivity index (χ1) is 9.81. The van der Waals surface area contributed by atoms with Crippen LogP contribution in [0.1, 0.15) is 25.8 Å². The monoisotopic (exact) mass is 332 g/mol. The van der Waals surface area contributed by atoms with Gasteiger partial charge in [-0.3, -0.25) is 4.79 Å². The number of carboxylic acid groups (broad SMARTS) is 1. The fourth-order valence-electron chi connectivity index (χ4n) is 1.70. The highest BCUT2D eigenvalue weighted by Crippen LogP contribution is 2.23. The summed E-state index contributed by atoms with van der Waals surface area (Å²) in [5, 5.41) is 12.1. The molecule has 2 N–H and O–H groups in total. The number of rotatable bonds is 6. The minimum atomic E-state index is -0.948. The van der Waals surface area contributed by atoms with E-state index in [4.69, 9.17) is 28.3 Å². The molecule has 0 unspecified atom stereocenters. The van der Waals surface area contributed by atoms with Gasteiger partial charge in [-0.15, -0.1) is 0 Å². The van der Waals surface area contributed by atoms with E-state index in [2.05, 4.69) is 5.32 Å². The first-order valence-corrected chi connectivity index (χ1v) is 7.27. The highest BCUT2D eigenvalue weighted by atomic mass is 35.5. The van der Waals surface area contributed by atoms with Gasteiger partial charge in [0.15, 0.2) is 0 Å². The number of carbonyl (C=O) groups excluding carboxylic acids is 1. The van der Waals surface area contributed by atoms with Crippen LogP contribution in [0.5, 0.6) is 0 Å². The molecule has 0 fully saturated rings. The van der Waals surface area contributed by atoms with Crippen molar-refractivity contribution in [1.29, 1.82) is 0 Å². The molecular formula is C14H18Cl2N2O3. The third kappa shape index (κ3) is 5.81. The van der Waals surface area contributed by atoms with E-state index in [0.717, 1.165) is 5.56 Å². The van der Waals surface area contributed by atoms with E-state index in [1.165, 1.54) is 0 Å². The van der Waals surface area contributed by atoms with Crippen molar-refractivity contribution >= 4 is 35.2 Å². The molecule has 0 aliphatic rings. The van der Waals surface area contributed by atoms with Gasteiger partial charge in [-0.05, 0) is 31.5 Å². The second-order valence-electron chi connectivity index (χ2n) is 4.85. The molecule has 0 radical (unpaired) electrons. The lowest BCUT2D eigenvalue weighted by atomic mass is 10.2. The SMILES string of the molecule is CC(C)N(Cc1ccc(Cl)c(Cl)c1)C(=O)NCCC(=O)O. The molecule has 5 nitrogen and oxygen atoms in total. The van der Waals surface area contributed by atoms with Crippen molar-refractivity contribution in [1.82, 2.24) is 10.2 Å². The Kier molecular flexibility index (Phi) is 6.78. The first kappa shape index (κ1) is 17.6. The maximum atomic E-state index is 12.1. The molecule has 0 aliphatic heterocycles. The van der Waals surface area contributed by atoms with Crippen molar-refractivity contribution in [3.8, 4) is 0 Å². The Morgan fingerprint density at radius 3 is 2.48 bits per heavy atom. The Balaban J connectivity index is 2.70. The Labute approximate surface area is 133 Å². The fourth-order valence-corrected chi connectivity index (χ4v) is 2.02. The average Bonchev–Trinajstić information content (AvgIpc) is 2.39. The number of nitrogens with one attached hydrogen (secondary N) is 1. The number of carbonyl (C=O) groups is 2. The van der Waals surface area contributed by atoms with Gasteiger partial charge in [-0.25, -0.2) is 4.79 Å². The zero-order valence-corrected chi connectivity index (χ0v) is 13.4. The maximum absolute atomic E-state index is 12.1. The van der Waals surface area contributed by atoms with Gasteiger partial charge >= 0.3 is 12.0 Å². The zero-order chi connectivity index (χ0) is 16.0. The van der Waals surface area contributed by atoms with E-state index in [9.17, 15) is 9.59 Å². The van der Waals surface area contributed by atoms with Gasteiger partial charge in [0.1, 0.15) is 0 Å². The summed E-state index contributed by atoms with van der Waals surface area (Å²) in [6, 6.07) is 4.85. The fraction of sp³-hybridized carbons (Fsp3) is 0.429. The van der Waals surface area contributed by atoms with Crippen LogP contribution in [0.2, 0.25) is 10.0 Å². The van der Waals surface area contributed by atoms with Crippen LogP contribution in [0.4, 0.5) is 4.79 Å². The summed E-state index contributed by atoms with van der Waals surface area (Å²) < 4.78 is 0. The van der Waals surface area contributed by atoms with Crippen molar-refractivity contribution in [2.45, 2.75) is 32.9 Å². The molecule has 0 bridgehead atoms. The standard InChI is InChI=1S/C14H18Cl2N2O3/c1-9(2)18(14(21)17-6-5-13(19)20)8-10-3-4-11(15)12(16)7-10/h3-4,7,9H,5-6,8H2,1-2H3,(H,17,21)(H,19,20). The number of benzene rings is 1. The van der Waals surface area contributed by atoms with Crippen LogP contribution in [0.3, 0.4) is 0 Å². The number of halogens is 2. The van der Waals surface area contributed by atoms with Gasteiger partial charge in [0.2, 0.25) is 0 Å². The summed E-state index contributed by atoms with van der Waals surface area (Å²) in [6.45, 7) is 4.23. The molecule has 0 aliphatic carbocycles. The molecule has 21 heavy (non-hydrogen) atoms. The van der Waals surface area contributed by atoms with Crippen LogP contribution in [0.15, 0.2) is 18.2 Å². The van der Waals surface area contributed by atoms with Crippen LogP contribution in [-0.2, 0) is 11.3 Å². The van der Waals surface area contributed by atoms with Gasteiger partial charge in [0, 0.05) is 19.1 Å². The molecule has 116 valence electrons. The number of hydrogen-bond acceptors (Lipinski definition) is 2. The lowest BCUT2D eigenvalue weighted by Gasteiger charge is -2.27. The molecular weight excluding hydrogens is 315 g/mol. The maximum Gasteiger partial charge on any atom is 0.317 e. The third-order valence-electron chi connectivity index (χ3n) is 2.84.